The molecule has 1 aromatic rings. The number of benzene rings is 1. The summed E-state index contributed by atoms with van der Waals surface area (Å²) in [6.07, 6.45) is 1.22. The molecular weight excluding hydrogens is 310 g/mol. The number of halogens is 1. The van der Waals surface area contributed by atoms with E-state index in [4.69, 9.17) is 4.74 Å². The van der Waals surface area contributed by atoms with Crippen molar-refractivity contribution in [1.82, 2.24) is 10.6 Å². The average Bonchev–Trinajstić information content (AvgIpc) is 2.47. The monoisotopic (exact) mass is 331 g/mol. The topological polar surface area (TPSA) is 93.5 Å². The Balaban J connectivity index is 0.00000441. The van der Waals surface area contributed by atoms with Gasteiger partial charge >= 0.3 is 5.69 Å². The lowest BCUT2D eigenvalue weighted by molar-refractivity contribution is -0.385. The van der Waals surface area contributed by atoms with Crippen LogP contribution in [-0.2, 0) is 4.79 Å². The van der Waals surface area contributed by atoms with Gasteiger partial charge in [0, 0.05) is 19.2 Å². The first-order chi connectivity index (χ1) is 10.1. The highest BCUT2D eigenvalue weighted by Gasteiger charge is 2.13. The van der Waals surface area contributed by atoms with Crippen LogP contribution in [0.3, 0.4) is 0 Å². The molecule has 8 heteroatoms. The third-order valence-corrected chi connectivity index (χ3v) is 2.70. The van der Waals surface area contributed by atoms with Crippen LogP contribution in [0, 0.1) is 10.1 Å². The van der Waals surface area contributed by atoms with Crippen LogP contribution < -0.4 is 15.4 Å². The van der Waals surface area contributed by atoms with Gasteiger partial charge in [0.1, 0.15) is 0 Å². The summed E-state index contributed by atoms with van der Waals surface area (Å²) < 4.78 is 5.30. The lowest BCUT2D eigenvalue weighted by Crippen LogP contribution is -2.32. The predicted octanol–water partition coefficient (Wildman–Crippen LogP) is 1.90. The highest BCUT2D eigenvalue weighted by atomic mass is 35.5. The molecule has 0 saturated heterocycles. The first kappa shape index (κ1) is 20.1. The van der Waals surface area contributed by atoms with Crippen molar-refractivity contribution in [1.29, 1.82) is 0 Å². The van der Waals surface area contributed by atoms with E-state index in [1.807, 2.05) is 0 Å². The van der Waals surface area contributed by atoms with Crippen LogP contribution in [0.4, 0.5) is 5.69 Å². The molecule has 1 rings (SSSR count). The lowest BCUT2D eigenvalue weighted by atomic mass is 10.3. The molecule has 0 bridgehead atoms. The van der Waals surface area contributed by atoms with E-state index in [-0.39, 0.29) is 42.8 Å². The van der Waals surface area contributed by atoms with Crippen LogP contribution in [-0.4, -0.2) is 37.1 Å². The number of carbonyl (C=O) groups is 1. The Bertz CT molecular complexity index is 471. The largest absolute Gasteiger partial charge is 0.486 e. The number of rotatable bonds is 10. The maximum atomic E-state index is 11.5. The van der Waals surface area contributed by atoms with Gasteiger partial charge in [-0.3, -0.25) is 14.9 Å². The SMILES string of the molecule is CCCNCCNC(=O)CCOc1ccccc1[N+](=O)[O-].Cl. The molecule has 0 unspecified atom stereocenters. The van der Waals surface area contributed by atoms with Gasteiger partial charge in [0.2, 0.25) is 5.91 Å². The molecule has 0 spiro atoms. The molecule has 7 nitrogen and oxygen atoms in total. The Morgan fingerprint density at radius 3 is 2.68 bits per heavy atom. The van der Waals surface area contributed by atoms with E-state index >= 15 is 0 Å². The quantitative estimate of drug-likeness (QED) is 0.388. The Morgan fingerprint density at radius 2 is 2.00 bits per heavy atom. The molecule has 0 atom stereocenters. The first-order valence-corrected chi connectivity index (χ1v) is 6.98. The molecule has 124 valence electrons. The third kappa shape index (κ3) is 7.80. The minimum absolute atomic E-state index is 0. The van der Waals surface area contributed by atoms with Crippen molar-refractivity contribution >= 4 is 24.0 Å². The molecule has 0 aliphatic carbocycles. The summed E-state index contributed by atoms with van der Waals surface area (Å²) >= 11 is 0. The first-order valence-electron chi connectivity index (χ1n) is 6.98. The Morgan fingerprint density at radius 1 is 1.27 bits per heavy atom. The molecule has 0 aromatic heterocycles. The zero-order valence-corrected chi connectivity index (χ0v) is 13.4. The molecule has 1 amide bonds. The predicted molar refractivity (Wildman–Crippen MR) is 86.6 cm³/mol. The number of hydrogen-bond acceptors (Lipinski definition) is 5. The van der Waals surface area contributed by atoms with Crippen LogP contribution in [0.15, 0.2) is 24.3 Å². The summed E-state index contributed by atoms with van der Waals surface area (Å²) in [6, 6.07) is 6.11. The van der Waals surface area contributed by atoms with Gasteiger partial charge in [-0.1, -0.05) is 19.1 Å². The van der Waals surface area contributed by atoms with Crippen molar-refractivity contribution in [2.24, 2.45) is 0 Å². The van der Waals surface area contributed by atoms with Crippen LogP contribution in [0.5, 0.6) is 5.75 Å². The summed E-state index contributed by atoms with van der Waals surface area (Å²) in [5, 5.41) is 16.7. The van der Waals surface area contributed by atoms with Gasteiger partial charge in [0.05, 0.1) is 18.0 Å². The zero-order chi connectivity index (χ0) is 15.5. The number of hydrogen-bond donors (Lipinski definition) is 2. The smallest absolute Gasteiger partial charge is 0.310 e. The standard InChI is InChI=1S/C14H21N3O4.ClH/c1-2-8-15-9-10-16-14(18)7-11-21-13-6-4-3-5-12(13)17(19)20;/h3-6,15H,2,7-11H2,1H3,(H,16,18);1H. The van der Waals surface area contributed by atoms with Gasteiger partial charge in [0.25, 0.3) is 0 Å². The number of nitrogens with one attached hydrogen (secondary N) is 2. The molecule has 2 N–H and O–H groups in total. The molecule has 0 fully saturated rings. The lowest BCUT2D eigenvalue weighted by Gasteiger charge is -2.08. The van der Waals surface area contributed by atoms with Crippen molar-refractivity contribution in [2.45, 2.75) is 19.8 Å². The highest BCUT2D eigenvalue weighted by molar-refractivity contribution is 5.85. The van der Waals surface area contributed by atoms with Gasteiger partial charge in [-0.05, 0) is 19.0 Å². The molecular formula is C14H22ClN3O4. The maximum absolute atomic E-state index is 11.5. The number of nitro groups is 1. The number of carbonyl (C=O) groups excluding carboxylic acids is 1. The minimum atomic E-state index is -0.505. The summed E-state index contributed by atoms with van der Waals surface area (Å²) in [7, 11) is 0. The van der Waals surface area contributed by atoms with Gasteiger partial charge in [-0.2, -0.15) is 0 Å². The van der Waals surface area contributed by atoms with Gasteiger partial charge in [-0.25, -0.2) is 0 Å². The Hall–Kier alpha value is -1.86. The second-order valence-electron chi connectivity index (χ2n) is 4.42. The van der Waals surface area contributed by atoms with Gasteiger partial charge < -0.3 is 15.4 Å². The van der Waals surface area contributed by atoms with E-state index in [0.717, 1.165) is 19.5 Å². The van der Waals surface area contributed by atoms with Crippen LogP contribution >= 0.6 is 12.4 Å². The summed E-state index contributed by atoms with van der Waals surface area (Å²) in [4.78, 5) is 21.8. The van der Waals surface area contributed by atoms with Gasteiger partial charge in [-0.15, -0.1) is 12.4 Å². The number of nitro benzene ring substituents is 1. The normalized spacial score (nSPS) is 9.68. The van der Waals surface area contributed by atoms with E-state index in [1.165, 1.54) is 12.1 Å². The minimum Gasteiger partial charge on any atom is -0.486 e. The fraction of sp³-hybridized carbons (Fsp3) is 0.500. The molecule has 0 aliphatic rings. The molecule has 0 heterocycles. The van der Waals surface area contributed by atoms with Crippen LogP contribution in [0.25, 0.3) is 0 Å². The Labute approximate surface area is 136 Å². The number of ether oxygens (including phenoxy) is 1. The number of para-hydroxylation sites is 2. The summed E-state index contributed by atoms with van der Waals surface area (Å²) in [5.41, 5.74) is -0.0957. The fourth-order valence-corrected chi connectivity index (χ4v) is 1.66. The molecule has 0 saturated carbocycles. The second kappa shape index (κ2) is 11.8. The van der Waals surface area contributed by atoms with E-state index in [1.54, 1.807) is 12.1 Å². The van der Waals surface area contributed by atoms with E-state index in [2.05, 4.69) is 17.6 Å². The van der Waals surface area contributed by atoms with E-state index in [9.17, 15) is 14.9 Å². The Kier molecular flexibility index (Phi) is 10.8. The van der Waals surface area contributed by atoms with E-state index < -0.39 is 4.92 Å². The van der Waals surface area contributed by atoms with Crippen molar-refractivity contribution < 1.29 is 14.5 Å². The van der Waals surface area contributed by atoms with Crippen LogP contribution in [0.1, 0.15) is 19.8 Å². The average molecular weight is 332 g/mol. The summed E-state index contributed by atoms with van der Waals surface area (Å²) in [6.45, 7) is 4.40. The molecule has 22 heavy (non-hydrogen) atoms. The van der Waals surface area contributed by atoms with Crippen molar-refractivity contribution in [3.63, 3.8) is 0 Å². The molecule has 1 aromatic carbocycles. The van der Waals surface area contributed by atoms with Gasteiger partial charge in [0.15, 0.2) is 5.75 Å². The van der Waals surface area contributed by atoms with Crippen molar-refractivity contribution in [3.05, 3.63) is 34.4 Å². The van der Waals surface area contributed by atoms with Crippen molar-refractivity contribution in [2.75, 3.05) is 26.2 Å². The fourth-order valence-electron chi connectivity index (χ4n) is 1.66. The number of nitrogens with zero attached hydrogens (tertiary/aromatic N) is 1. The number of amides is 1. The molecule has 0 aliphatic heterocycles. The third-order valence-electron chi connectivity index (χ3n) is 2.70. The highest BCUT2D eigenvalue weighted by Crippen LogP contribution is 2.25. The maximum Gasteiger partial charge on any atom is 0.310 e. The van der Waals surface area contributed by atoms with E-state index in [0.29, 0.717) is 6.54 Å². The zero-order valence-electron chi connectivity index (χ0n) is 12.5. The van der Waals surface area contributed by atoms with Crippen LogP contribution in [0.2, 0.25) is 0 Å². The second-order valence-corrected chi connectivity index (χ2v) is 4.42. The molecule has 0 radical (unpaired) electrons. The summed E-state index contributed by atoms with van der Waals surface area (Å²) in [5.74, 6) is 0.0480. The van der Waals surface area contributed by atoms with Crippen molar-refractivity contribution in [3.8, 4) is 5.75 Å².